The van der Waals surface area contributed by atoms with Gasteiger partial charge in [-0.1, -0.05) is 18.5 Å². The van der Waals surface area contributed by atoms with Crippen LogP contribution in [0.3, 0.4) is 0 Å². The lowest BCUT2D eigenvalue weighted by molar-refractivity contribution is 0.0670. The van der Waals surface area contributed by atoms with Crippen molar-refractivity contribution in [3.8, 4) is 0 Å². The number of rotatable bonds is 3. The Hall–Kier alpha value is -1.29. The van der Waals surface area contributed by atoms with Crippen LogP contribution in [0.1, 0.15) is 43.6 Å². The third kappa shape index (κ3) is 2.68. The smallest absolute Gasteiger partial charge is 0.274 e. The number of carbonyl (C=O) groups excluding carboxylic acids is 1. The summed E-state index contributed by atoms with van der Waals surface area (Å²) in [5.74, 6) is 0.603. The van der Waals surface area contributed by atoms with Gasteiger partial charge in [-0.05, 0) is 38.3 Å². The molecule has 1 N–H and O–H groups in total. The van der Waals surface area contributed by atoms with E-state index in [4.69, 9.17) is 11.6 Å². The van der Waals surface area contributed by atoms with Crippen molar-refractivity contribution in [3.63, 3.8) is 0 Å². The largest absolute Gasteiger partial charge is 0.373 e. The van der Waals surface area contributed by atoms with Crippen LogP contribution in [0.4, 0.5) is 5.82 Å². The fraction of sp³-hybridized carbons (Fsp3) is 0.571. The molecule has 1 aromatic heterocycles. The number of hydrogen-bond donors (Lipinski definition) is 1. The number of nitrogens with zero attached hydrogens (tertiary/aromatic N) is 2. The third-order valence-corrected chi connectivity index (χ3v) is 4.10. The van der Waals surface area contributed by atoms with Crippen LogP contribution in [-0.2, 0) is 0 Å². The van der Waals surface area contributed by atoms with E-state index in [1.165, 1.54) is 0 Å². The molecular formula is C14H20ClN3O. The number of anilines is 1. The maximum atomic E-state index is 12.7. The van der Waals surface area contributed by atoms with Crippen molar-refractivity contribution in [1.29, 1.82) is 0 Å². The summed E-state index contributed by atoms with van der Waals surface area (Å²) in [6.45, 7) is 4.20. The fourth-order valence-electron chi connectivity index (χ4n) is 2.69. The van der Waals surface area contributed by atoms with Gasteiger partial charge < -0.3 is 10.2 Å². The third-order valence-electron chi connectivity index (χ3n) is 3.80. The Morgan fingerprint density at radius 2 is 2.26 bits per heavy atom. The van der Waals surface area contributed by atoms with E-state index in [0.29, 0.717) is 22.6 Å². The van der Waals surface area contributed by atoms with Gasteiger partial charge in [-0.15, -0.1) is 0 Å². The van der Waals surface area contributed by atoms with Crippen molar-refractivity contribution in [3.05, 3.63) is 22.8 Å². The number of amides is 1. The second-order valence-electron chi connectivity index (χ2n) is 4.98. The number of aromatic nitrogens is 1. The van der Waals surface area contributed by atoms with Gasteiger partial charge in [0.1, 0.15) is 11.5 Å². The first kappa shape index (κ1) is 14.1. The van der Waals surface area contributed by atoms with Crippen molar-refractivity contribution in [2.45, 2.75) is 45.2 Å². The maximum Gasteiger partial charge on any atom is 0.274 e. The Morgan fingerprint density at radius 1 is 1.53 bits per heavy atom. The average molecular weight is 282 g/mol. The summed E-state index contributed by atoms with van der Waals surface area (Å²) < 4.78 is 0. The van der Waals surface area contributed by atoms with Crippen LogP contribution < -0.4 is 5.32 Å². The maximum absolute atomic E-state index is 12.7. The quantitative estimate of drug-likeness (QED) is 0.925. The van der Waals surface area contributed by atoms with E-state index >= 15 is 0 Å². The average Bonchev–Trinajstić information content (AvgIpc) is 2.79. The number of halogens is 1. The molecule has 5 heteroatoms. The minimum atomic E-state index is -0.0565. The highest BCUT2D eigenvalue weighted by Crippen LogP contribution is 2.29. The molecule has 0 aromatic carbocycles. The van der Waals surface area contributed by atoms with Crippen molar-refractivity contribution < 1.29 is 4.79 Å². The minimum absolute atomic E-state index is 0.0565. The topological polar surface area (TPSA) is 45.2 Å². The molecule has 1 fully saturated rings. The van der Waals surface area contributed by atoms with Gasteiger partial charge in [0.25, 0.3) is 5.91 Å². The highest BCUT2D eigenvalue weighted by atomic mass is 35.5. The molecule has 0 bridgehead atoms. The molecule has 2 heterocycles. The molecule has 2 unspecified atom stereocenters. The van der Waals surface area contributed by atoms with Gasteiger partial charge in [-0.25, -0.2) is 4.98 Å². The van der Waals surface area contributed by atoms with Crippen LogP contribution in [-0.4, -0.2) is 34.9 Å². The molecule has 1 saturated heterocycles. The summed E-state index contributed by atoms with van der Waals surface area (Å²) >= 11 is 6.13. The Kier molecular flexibility index (Phi) is 4.30. The molecular weight excluding hydrogens is 262 g/mol. The predicted molar refractivity (Wildman–Crippen MR) is 77.7 cm³/mol. The van der Waals surface area contributed by atoms with E-state index in [0.717, 1.165) is 19.3 Å². The first-order valence-electron chi connectivity index (χ1n) is 6.75. The first-order valence-corrected chi connectivity index (χ1v) is 7.13. The Labute approximate surface area is 119 Å². The summed E-state index contributed by atoms with van der Waals surface area (Å²) in [5, 5.41) is 3.35. The molecule has 2 rings (SSSR count). The Bertz CT molecular complexity index is 478. The van der Waals surface area contributed by atoms with Gasteiger partial charge in [-0.3, -0.25) is 4.79 Å². The highest BCUT2D eigenvalue weighted by molar-refractivity contribution is 6.33. The molecule has 0 radical (unpaired) electrons. The van der Waals surface area contributed by atoms with Gasteiger partial charge in [0.05, 0.1) is 5.02 Å². The van der Waals surface area contributed by atoms with E-state index in [2.05, 4.69) is 24.1 Å². The zero-order valence-corrected chi connectivity index (χ0v) is 12.4. The van der Waals surface area contributed by atoms with Crippen molar-refractivity contribution in [1.82, 2.24) is 9.88 Å². The van der Waals surface area contributed by atoms with Crippen LogP contribution in [0.25, 0.3) is 0 Å². The minimum Gasteiger partial charge on any atom is -0.373 e. The number of hydrogen-bond acceptors (Lipinski definition) is 3. The van der Waals surface area contributed by atoms with Crippen LogP contribution in [0.15, 0.2) is 12.1 Å². The monoisotopic (exact) mass is 281 g/mol. The lowest BCUT2D eigenvalue weighted by Gasteiger charge is -2.28. The van der Waals surface area contributed by atoms with Crippen LogP contribution >= 0.6 is 11.6 Å². The molecule has 0 spiro atoms. The van der Waals surface area contributed by atoms with Gasteiger partial charge in [0.15, 0.2) is 0 Å². The Morgan fingerprint density at radius 3 is 2.89 bits per heavy atom. The van der Waals surface area contributed by atoms with Crippen LogP contribution in [0.5, 0.6) is 0 Å². The summed E-state index contributed by atoms with van der Waals surface area (Å²) in [7, 11) is 1.78. The Balaban J connectivity index is 2.33. The number of nitrogens with one attached hydrogen (secondary N) is 1. The normalized spacial score (nSPS) is 22.6. The second-order valence-corrected chi connectivity index (χ2v) is 5.38. The van der Waals surface area contributed by atoms with Gasteiger partial charge >= 0.3 is 0 Å². The summed E-state index contributed by atoms with van der Waals surface area (Å²) in [6.07, 6.45) is 3.08. The second kappa shape index (κ2) is 5.78. The van der Waals surface area contributed by atoms with Crippen molar-refractivity contribution in [2.75, 3.05) is 12.4 Å². The summed E-state index contributed by atoms with van der Waals surface area (Å²) in [4.78, 5) is 18.9. The lowest BCUT2D eigenvalue weighted by Crippen LogP contribution is -2.40. The molecule has 104 valence electrons. The van der Waals surface area contributed by atoms with Gasteiger partial charge in [0, 0.05) is 19.1 Å². The fourth-order valence-corrected chi connectivity index (χ4v) is 2.88. The SMILES string of the molecule is CCC1CCC(C)N1C(=O)c1nc(NC)ccc1Cl. The van der Waals surface area contributed by atoms with Crippen LogP contribution in [0.2, 0.25) is 5.02 Å². The number of likely N-dealkylation sites (tertiary alicyclic amines) is 1. The molecule has 19 heavy (non-hydrogen) atoms. The van der Waals surface area contributed by atoms with Crippen LogP contribution in [0, 0.1) is 0 Å². The molecule has 1 amide bonds. The van der Waals surface area contributed by atoms with E-state index in [1.807, 2.05) is 4.90 Å². The zero-order valence-electron chi connectivity index (χ0n) is 11.6. The molecule has 4 nitrogen and oxygen atoms in total. The highest BCUT2D eigenvalue weighted by Gasteiger charge is 2.35. The number of pyridine rings is 1. The molecule has 1 aromatic rings. The van der Waals surface area contributed by atoms with Gasteiger partial charge in [0.2, 0.25) is 0 Å². The van der Waals surface area contributed by atoms with Crippen molar-refractivity contribution >= 4 is 23.3 Å². The predicted octanol–water partition coefficient (Wildman–Crippen LogP) is 3.18. The summed E-state index contributed by atoms with van der Waals surface area (Å²) in [5.41, 5.74) is 0.348. The summed E-state index contributed by atoms with van der Waals surface area (Å²) in [6, 6.07) is 4.05. The number of carbonyl (C=O) groups is 1. The molecule has 0 aliphatic carbocycles. The van der Waals surface area contributed by atoms with E-state index < -0.39 is 0 Å². The standard InChI is InChI=1S/C14H20ClN3O/c1-4-10-6-5-9(2)18(10)14(19)13-11(15)7-8-12(16-3)17-13/h7-10H,4-6H2,1-3H3,(H,16,17). The first-order chi connectivity index (χ1) is 9.08. The molecule has 2 atom stereocenters. The van der Waals surface area contributed by atoms with E-state index in [1.54, 1.807) is 19.2 Å². The molecule has 1 aliphatic rings. The molecule has 0 saturated carbocycles. The van der Waals surface area contributed by atoms with E-state index in [9.17, 15) is 4.79 Å². The van der Waals surface area contributed by atoms with Crippen molar-refractivity contribution in [2.24, 2.45) is 0 Å². The van der Waals surface area contributed by atoms with Gasteiger partial charge in [-0.2, -0.15) is 0 Å². The zero-order chi connectivity index (χ0) is 14.0. The lowest BCUT2D eigenvalue weighted by atomic mass is 10.1. The van der Waals surface area contributed by atoms with E-state index in [-0.39, 0.29) is 11.9 Å². The molecule has 1 aliphatic heterocycles.